The first-order chi connectivity index (χ1) is 8.15. The zero-order valence-corrected chi connectivity index (χ0v) is 11.1. The van der Waals surface area contributed by atoms with Crippen LogP contribution < -0.4 is 10.5 Å². The van der Waals surface area contributed by atoms with E-state index in [1.807, 2.05) is 37.3 Å². The molecule has 0 atom stereocenters. The highest BCUT2D eigenvalue weighted by Gasteiger charge is 2.01. The molecule has 2 rings (SSSR count). The van der Waals surface area contributed by atoms with Crippen molar-refractivity contribution in [3.63, 3.8) is 0 Å². The van der Waals surface area contributed by atoms with Gasteiger partial charge >= 0.3 is 0 Å². The minimum absolute atomic E-state index is 0.424. The van der Waals surface area contributed by atoms with Gasteiger partial charge in [-0.2, -0.15) is 0 Å². The van der Waals surface area contributed by atoms with Crippen molar-refractivity contribution in [1.29, 1.82) is 0 Å². The molecule has 0 unspecified atom stereocenters. The van der Waals surface area contributed by atoms with E-state index >= 15 is 0 Å². The first-order valence-electron chi connectivity index (χ1n) is 5.25. The number of rotatable bonds is 3. The highest BCUT2D eigenvalue weighted by Crippen LogP contribution is 2.22. The molecule has 1 aromatic carbocycles. The van der Waals surface area contributed by atoms with Gasteiger partial charge < -0.3 is 10.5 Å². The second-order valence-electron chi connectivity index (χ2n) is 3.75. The van der Waals surface area contributed by atoms with Crippen LogP contribution in [0, 0.1) is 6.92 Å². The third-order valence-corrected chi connectivity index (χ3v) is 2.83. The quantitative estimate of drug-likeness (QED) is 0.944. The van der Waals surface area contributed by atoms with Crippen molar-refractivity contribution in [3.8, 4) is 5.75 Å². The lowest BCUT2D eigenvalue weighted by atomic mass is 10.2. The Balaban J connectivity index is 2.07. The number of halogens is 1. The van der Waals surface area contributed by atoms with Crippen LogP contribution in [0.3, 0.4) is 0 Å². The molecule has 0 fully saturated rings. The molecule has 4 heteroatoms. The van der Waals surface area contributed by atoms with E-state index < -0.39 is 0 Å². The second kappa shape index (κ2) is 5.19. The van der Waals surface area contributed by atoms with Crippen molar-refractivity contribution in [2.45, 2.75) is 13.5 Å². The summed E-state index contributed by atoms with van der Waals surface area (Å²) in [5, 5.41) is 0. The normalized spacial score (nSPS) is 10.2. The Morgan fingerprint density at radius 3 is 2.82 bits per heavy atom. The Hall–Kier alpha value is -1.55. The molecule has 2 aromatic rings. The van der Waals surface area contributed by atoms with E-state index in [9.17, 15) is 0 Å². The predicted octanol–water partition coefficient (Wildman–Crippen LogP) is 3.31. The van der Waals surface area contributed by atoms with Gasteiger partial charge in [0.1, 0.15) is 18.2 Å². The number of nitrogen functional groups attached to an aromatic ring is 1. The highest BCUT2D eigenvalue weighted by molar-refractivity contribution is 9.10. The molecule has 0 spiro atoms. The van der Waals surface area contributed by atoms with Gasteiger partial charge in [-0.05, 0) is 42.8 Å². The number of pyridine rings is 1. The third-order valence-electron chi connectivity index (χ3n) is 2.34. The molecule has 1 aromatic heterocycles. The van der Waals surface area contributed by atoms with Crippen LogP contribution in [0.15, 0.2) is 40.9 Å². The van der Waals surface area contributed by atoms with Crippen LogP contribution >= 0.6 is 15.9 Å². The minimum Gasteiger partial charge on any atom is -0.487 e. The van der Waals surface area contributed by atoms with Gasteiger partial charge in [0.25, 0.3) is 0 Å². The maximum absolute atomic E-state index is 5.69. The van der Waals surface area contributed by atoms with Gasteiger partial charge in [0.15, 0.2) is 0 Å². The summed E-state index contributed by atoms with van der Waals surface area (Å²) in [7, 11) is 0. The van der Waals surface area contributed by atoms with Crippen LogP contribution in [0.25, 0.3) is 0 Å². The van der Waals surface area contributed by atoms with Crippen LogP contribution in [0.4, 0.5) is 5.82 Å². The van der Waals surface area contributed by atoms with Crippen molar-refractivity contribution in [1.82, 2.24) is 4.98 Å². The number of aryl methyl sites for hydroxylation is 1. The summed E-state index contributed by atoms with van der Waals surface area (Å²) in [5.74, 6) is 1.37. The molecular weight excluding hydrogens is 280 g/mol. The van der Waals surface area contributed by atoms with Crippen LogP contribution in [-0.4, -0.2) is 4.98 Å². The molecular formula is C13H13BrN2O. The fraction of sp³-hybridized carbons (Fsp3) is 0.154. The van der Waals surface area contributed by atoms with Crippen molar-refractivity contribution < 1.29 is 4.74 Å². The first kappa shape index (κ1) is 11.9. The minimum atomic E-state index is 0.424. The Bertz CT molecular complexity index is 529. The van der Waals surface area contributed by atoms with Gasteiger partial charge in [0, 0.05) is 4.47 Å². The zero-order chi connectivity index (χ0) is 12.3. The molecule has 2 N–H and O–H groups in total. The molecule has 0 aliphatic heterocycles. The SMILES string of the molecule is Cc1cc(Br)ccc1OCc1cccc(N)n1. The number of nitrogens with two attached hydrogens (primary N) is 1. The Morgan fingerprint density at radius 2 is 2.12 bits per heavy atom. The van der Waals surface area contributed by atoms with Gasteiger partial charge in [0.2, 0.25) is 0 Å². The molecule has 1 heterocycles. The number of hydrogen-bond acceptors (Lipinski definition) is 3. The van der Waals surface area contributed by atoms with Gasteiger partial charge in [-0.25, -0.2) is 4.98 Å². The van der Waals surface area contributed by atoms with Gasteiger partial charge in [-0.15, -0.1) is 0 Å². The maximum atomic E-state index is 5.69. The topological polar surface area (TPSA) is 48.1 Å². The summed E-state index contributed by atoms with van der Waals surface area (Å²) in [6, 6.07) is 11.4. The van der Waals surface area contributed by atoms with Crippen molar-refractivity contribution in [3.05, 3.63) is 52.1 Å². The average Bonchev–Trinajstić information content (AvgIpc) is 2.28. The summed E-state index contributed by atoms with van der Waals surface area (Å²) in [5.41, 5.74) is 7.52. The lowest BCUT2D eigenvalue weighted by Gasteiger charge is -2.09. The van der Waals surface area contributed by atoms with Crippen LogP contribution in [-0.2, 0) is 6.61 Å². The van der Waals surface area contributed by atoms with E-state index in [1.165, 1.54) is 0 Å². The zero-order valence-electron chi connectivity index (χ0n) is 9.48. The number of nitrogens with zero attached hydrogens (tertiary/aromatic N) is 1. The molecule has 88 valence electrons. The largest absolute Gasteiger partial charge is 0.487 e. The van der Waals surface area contributed by atoms with Crippen molar-refractivity contribution in [2.75, 3.05) is 5.73 Å². The molecule has 0 bridgehead atoms. The molecule has 0 saturated carbocycles. The second-order valence-corrected chi connectivity index (χ2v) is 4.67. The molecule has 0 amide bonds. The van der Waals surface area contributed by atoms with E-state index in [0.29, 0.717) is 12.4 Å². The van der Waals surface area contributed by atoms with Crippen LogP contribution in [0.5, 0.6) is 5.75 Å². The molecule has 0 aliphatic rings. The molecule has 0 saturated heterocycles. The van der Waals surface area contributed by atoms with E-state index in [1.54, 1.807) is 6.07 Å². The smallest absolute Gasteiger partial charge is 0.130 e. The predicted molar refractivity (Wildman–Crippen MR) is 71.9 cm³/mol. The molecule has 17 heavy (non-hydrogen) atoms. The summed E-state index contributed by atoms with van der Waals surface area (Å²) >= 11 is 3.42. The standard InChI is InChI=1S/C13H13BrN2O/c1-9-7-10(14)5-6-12(9)17-8-11-3-2-4-13(15)16-11/h2-7H,8H2,1H3,(H2,15,16). The lowest BCUT2D eigenvalue weighted by molar-refractivity contribution is 0.299. The van der Waals surface area contributed by atoms with Crippen molar-refractivity contribution in [2.24, 2.45) is 0 Å². The van der Waals surface area contributed by atoms with E-state index in [2.05, 4.69) is 20.9 Å². The molecule has 0 aliphatic carbocycles. The summed E-state index contributed by atoms with van der Waals surface area (Å²) in [4.78, 5) is 4.18. The third kappa shape index (κ3) is 3.20. The van der Waals surface area contributed by atoms with E-state index in [4.69, 9.17) is 10.5 Å². The lowest BCUT2D eigenvalue weighted by Crippen LogP contribution is -2.01. The maximum Gasteiger partial charge on any atom is 0.130 e. The number of anilines is 1. The first-order valence-corrected chi connectivity index (χ1v) is 6.05. The van der Waals surface area contributed by atoms with Gasteiger partial charge in [-0.3, -0.25) is 0 Å². The fourth-order valence-corrected chi connectivity index (χ4v) is 1.98. The van der Waals surface area contributed by atoms with Crippen molar-refractivity contribution >= 4 is 21.7 Å². The van der Waals surface area contributed by atoms with E-state index in [0.717, 1.165) is 21.5 Å². The van der Waals surface area contributed by atoms with Crippen LogP contribution in [0.1, 0.15) is 11.3 Å². The Morgan fingerprint density at radius 1 is 1.29 bits per heavy atom. The number of ether oxygens (including phenoxy) is 1. The summed E-state index contributed by atoms with van der Waals surface area (Å²) < 4.78 is 6.74. The van der Waals surface area contributed by atoms with E-state index in [-0.39, 0.29) is 0 Å². The highest BCUT2D eigenvalue weighted by atomic mass is 79.9. The van der Waals surface area contributed by atoms with Gasteiger partial charge in [0.05, 0.1) is 5.69 Å². The summed E-state index contributed by atoms with van der Waals surface area (Å²) in [6.07, 6.45) is 0. The number of hydrogen-bond donors (Lipinski definition) is 1. The molecule has 0 radical (unpaired) electrons. The molecule has 3 nitrogen and oxygen atoms in total. The Labute approximate surface area is 109 Å². The number of aromatic nitrogens is 1. The fourth-order valence-electron chi connectivity index (χ4n) is 1.50. The average molecular weight is 293 g/mol. The monoisotopic (exact) mass is 292 g/mol. The van der Waals surface area contributed by atoms with Crippen LogP contribution in [0.2, 0.25) is 0 Å². The Kier molecular flexibility index (Phi) is 3.64. The number of benzene rings is 1. The van der Waals surface area contributed by atoms with Gasteiger partial charge in [-0.1, -0.05) is 22.0 Å². The summed E-state index contributed by atoms with van der Waals surface area (Å²) in [6.45, 7) is 2.43.